The Morgan fingerprint density at radius 2 is 1.63 bits per heavy atom. The van der Waals surface area contributed by atoms with Crippen LogP contribution in [0.15, 0.2) is 29.3 Å². The molecule has 4 amide bonds. The minimum absolute atomic E-state index is 0.0197. The Kier molecular flexibility index (Phi) is 14.7. The lowest BCUT2D eigenvalue weighted by Gasteiger charge is -2.31. The van der Waals surface area contributed by atoms with Gasteiger partial charge >= 0.3 is 5.97 Å². The molecule has 1 heterocycles. The molecule has 16 heteroatoms. The van der Waals surface area contributed by atoms with Crippen molar-refractivity contribution in [3.63, 3.8) is 0 Å². The molecule has 1 saturated heterocycles. The fraction of sp³-hybridized carbons (Fsp3) is 0.600. The zero-order valence-electron chi connectivity index (χ0n) is 26.5. The van der Waals surface area contributed by atoms with Crippen molar-refractivity contribution in [1.82, 2.24) is 20.9 Å². The molecule has 1 aromatic rings. The maximum absolute atomic E-state index is 13.8. The molecule has 0 aromatic heterocycles. The van der Waals surface area contributed by atoms with Crippen LogP contribution in [0.5, 0.6) is 5.75 Å². The summed E-state index contributed by atoms with van der Waals surface area (Å²) in [5.41, 5.74) is 17.3. The zero-order chi connectivity index (χ0) is 34.6. The van der Waals surface area contributed by atoms with Gasteiger partial charge in [0.25, 0.3) is 0 Å². The number of nitrogens with zero attached hydrogens (tertiary/aromatic N) is 2. The van der Waals surface area contributed by atoms with Gasteiger partial charge in [-0.1, -0.05) is 26.0 Å². The van der Waals surface area contributed by atoms with Crippen LogP contribution in [0.1, 0.15) is 58.4 Å². The van der Waals surface area contributed by atoms with Gasteiger partial charge in [-0.15, -0.1) is 0 Å². The molecule has 0 aliphatic carbocycles. The highest BCUT2D eigenvalue weighted by atomic mass is 16.4. The largest absolute Gasteiger partial charge is 0.508 e. The highest BCUT2D eigenvalue weighted by molar-refractivity contribution is 5.96. The number of amides is 4. The second kappa shape index (κ2) is 17.9. The summed E-state index contributed by atoms with van der Waals surface area (Å²) in [6, 6.07) is 0.330. The number of carbonyl (C=O) groups is 5. The average molecular weight is 649 g/mol. The topological polar surface area (TPSA) is 276 Å². The maximum atomic E-state index is 13.8. The molecular weight excluding hydrogens is 600 g/mol. The van der Waals surface area contributed by atoms with E-state index in [1.165, 1.54) is 24.0 Å². The number of phenolic OH excluding ortho intramolecular Hbond substituents is 1. The van der Waals surface area contributed by atoms with Crippen molar-refractivity contribution in [2.45, 2.75) is 95.6 Å². The van der Waals surface area contributed by atoms with Crippen molar-refractivity contribution >= 4 is 35.6 Å². The number of aliphatic hydroxyl groups excluding tert-OH is 1. The van der Waals surface area contributed by atoms with Crippen molar-refractivity contribution in [2.24, 2.45) is 28.1 Å². The highest BCUT2D eigenvalue weighted by Gasteiger charge is 2.40. The van der Waals surface area contributed by atoms with Crippen molar-refractivity contribution in [2.75, 3.05) is 13.1 Å². The summed E-state index contributed by atoms with van der Waals surface area (Å²) < 4.78 is 0. The number of aliphatic carboxylic acids is 1. The number of carbonyl (C=O) groups excluding carboxylic acids is 4. The van der Waals surface area contributed by atoms with E-state index in [0.717, 1.165) is 0 Å². The first kappa shape index (κ1) is 37.7. The average Bonchev–Trinajstić information content (AvgIpc) is 3.47. The molecule has 0 unspecified atom stereocenters. The van der Waals surface area contributed by atoms with Gasteiger partial charge in [0.15, 0.2) is 12.0 Å². The number of aliphatic imine (C=N–C) groups is 1. The summed E-state index contributed by atoms with van der Waals surface area (Å²) >= 11 is 0. The van der Waals surface area contributed by atoms with E-state index in [-0.39, 0.29) is 56.4 Å². The smallest absolute Gasteiger partial charge is 0.328 e. The summed E-state index contributed by atoms with van der Waals surface area (Å²) in [6.45, 7) is 5.43. The van der Waals surface area contributed by atoms with Crippen LogP contribution in [-0.4, -0.2) is 105 Å². The number of likely N-dealkylation sites (tertiary alicyclic amines) is 1. The molecule has 1 aliphatic heterocycles. The van der Waals surface area contributed by atoms with Gasteiger partial charge in [0, 0.05) is 19.5 Å². The molecule has 12 N–H and O–H groups in total. The predicted octanol–water partition coefficient (Wildman–Crippen LogP) is -1.73. The first-order chi connectivity index (χ1) is 21.6. The number of guanidine groups is 1. The van der Waals surface area contributed by atoms with Crippen LogP contribution in [0.2, 0.25) is 0 Å². The molecule has 0 bridgehead atoms. The first-order valence-corrected chi connectivity index (χ1v) is 15.3. The van der Waals surface area contributed by atoms with E-state index in [2.05, 4.69) is 20.9 Å². The monoisotopic (exact) mass is 648 g/mol. The number of rotatable bonds is 17. The predicted molar refractivity (Wildman–Crippen MR) is 169 cm³/mol. The van der Waals surface area contributed by atoms with E-state index in [9.17, 15) is 39.3 Å². The fourth-order valence-corrected chi connectivity index (χ4v) is 5.11. The fourth-order valence-electron chi connectivity index (χ4n) is 5.11. The van der Waals surface area contributed by atoms with Gasteiger partial charge in [-0.3, -0.25) is 24.2 Å². The second-order valence-electron chi connectivity index (χ2n) is 11.9. The molecule has 16 nitrogen and oxygen atoms in total. The zero-order valence-corrected chi connectivity index (χ0v) is 26.5. The van der Waals surface area contributed by atoms with Gasteiger partial charge in [-0.2, -0.15) is 0 Å². The number of phenols is 1. The van der Waals surface area contributed by atoms with Crippen LogP contribution in [0.4, 0.5) is 0 Å². The van der Waals surface area contributed by atoms with Crippen molar-refractivity contribution < 1.29 is 39.3 Å². The third-order valence-corrected chi connectivity index (χ3v) is 7.52. The summed E-state index contributed by atoms with van der Waals surface area (Å²) in [7, 11) is 0. The normalized spacial score (nSPS) is 17.7. The van der Waals surface area contributed by atoms with Crippen molar-refractivity contribution in [3.05, 3.63) is 29.8 Å². The Hall–Kier alpha value is -4.44. The third-order valence-electron chi connectivity index (χ3n) is 7.52. The van der Waals surface area contributed by atoms with E-state index in [0.29, 0.717) is 18.4 Å². The Morgan fingerprint density at radius 1 is 1.00 bits per heavy atom. The number of carboxylic acids is 1. The second-order valence-corrected chi connectivity index (χ2v) is 11.9. The van der Waals surface area contributed by atoms with Gasteiger partial charge in [0.2, 0.25) is 23.6 Å². The quantitative estimate of drug-likeness (QED) is 0.0520. The SMILES string of the molecule is CC(C)C[C@@H](NC(=O)[C@H](Cc1ccc(O)cc1)NC(=O)[C@@H](N)CCCN=C(N)N)C(=O)N1CCC[C@H]1C(=O)N[C@@H](C(=O)O)[C@H](C)O. The summed E-state index contributed by atoms with van der Waals surface area (Å²) in [5.74, 6) is -4.05. The van der Waals surface area contributed by atoms with Gasteiger partial charge in [0.05, 0.1) is 12.1 Å². The Morgan fingerprint density at radius 3 is 2.20 bits per heavy atom. The van der Waals surface area contributed by atoms with E-state index in [4.69, 9.17) is 17.2 Å². The Labute approximate surface area is 268 Å². The Bertz CT molecular complexity index is 1240. The van der Waals surface area contributed by atoms with Crippen molar-refractivity contribution in [3.8, 4) is 5.75 Å². The molecule has 256 valence electrons. The van der Waals surface area contributed by atoms with E-state index >= 15 is 0 Å². The summed E-state index contributed by atoms with van der Waals surface area (Å²) in [4.78, 5) is 70.3. The molecule has 0 saturated carbocycles. The molecular formula is C30H48N8O8. The van der Waals surface area contributed by atoms with Crippen LogP contribution >= 0.6 is 0 Å². The molecule has 46 heavy (non-hydrogen) atoms. The number of nitrogens with two attached hydrogens (primary N) is 3. The number of aromatic hydroxyl groups is 1. The van der Waals surface area contributed by atoms with Gasteiger partial charge in [-0.25, -0.2) is 4.79 Å². The minimum atomic E-state index is -1.56. The van der Waals surface area contributed by atoms with E-state index in [1.54, 1.807) is 12.1 Å². The van der Waals surface area contributed by atoms with Crippen LogP contribution < -0.4 is 33.2 Å². The lowest BCUT2D eigenvalue weighted by molar-refractivity contribution is -0.147. The Balaban J connectivity index is 2.25. The maximum Gasteiger partial charge on any atom is 0.328 e. The van der Waals surface area contributed by atoms with E-state index < -0.39 is 65.9 Å². The molecule has 1 aromatic carbocycles. The summed E-state index contributed by atoms with van der Waals surface area (Å²) in [5, 5.41) is 36.6. The standard InChI is InChI=1S/C30H48N8O8/c1-16(2)14-22(28(44)38-13-5-7-23(38)27(43)37-24(17(3)39)29(45)46)36-26(42)21(15-18-8-10-19(40)11-9-18)35-25(41)20(31)6-4-12-34-30(32)33/h8-11,16-17,20-24,39-40H,4-7,12-15,31H2,1-3H3,(H,35,41)(H,36,42)(H,37,43)(H,45,46)(H4,32,33,34)/t17-,20-,21-,22+,23-,24+/m0/s1. The van der Waals surface area contributed by atoms with Gasteiger partial charge in [-0.05, 0) is 62.6 Å². The number of aliphatic hydroxyl groups is 1. The number of nitrogens with one attached hydrogen (secondary N) is 3. The molecule has 1 aliphatic rings. The first-order valence-electron chi connectivity index (χ1n) is 15.3. The lowest BCUT2D eigenvalue weighted by atomic mass is 10.00. The summed E-state index contributed by atoms with van der Waals surface area (Å²) in [6.07, 6.45) is 0.261. The number of hydrogen-bond acceptors (Lipinski definition) is 9. The molecule has 0 spiro atoms. The minimum Gasteiger partial charge on any atom is -0.508 e. The van der Waals surface area contributed by atoms with Crippen LogP contribution in [0.3, 0.4) is 0 Å². The van der Waals surface area contributed by atoms with Gasteiger partial charge in [0.1, 0.15) is 23.9 Å². The number of hydrogen-bond donors (Lipinski definition) is 9. The van der Waals surface area contributed by atoms with Crippen LogP contribution in [0.25, 0.3) is 0 Å². The molecule has 6 atom stereocenters. The number of benzene rings is 1. The molecule has 0 radical (unpaired) electrons. The molecule has 1 fully saturated rings. The van der Waals surface area contributed by atoms with Crippen molar-refractivity contribution in [1.29, 1.82) is 0 Å². The van der Waals surface area contributed by atoms with Gasteiger partial charge < -0.3 is 53.4 Å². The van der Waals surface area contributed by atoms with Crippen LogP contribution in [0, 0.1) is 5.92 Å². The van der Waals surface area contributed by atoms with Crippen LogP contribution in [-0.2, 0) is 30.4 Å². The molecule has 2 rings (SSSR count). The van der Waals surface area contributed by atoms with E-state index in [1.807, 2.05) is 13.8 Å². The third kappa shape index (κ3) is 11.8. The highest BCUT2D eigenvalue weighted by Crippen LogP contribution is 2.21. The lowest BCUT2D eigenvalue weighted by Crippen LogP contribution is -2.59. The number of carboxylic acid groups (broad SMARTS) is 1.